The molecule has 0 amide bonds. The van der Waals surface area contributed by atoms with E-state index in [1.807, 2.05) is 0 Å². The maximum absolute atomic E-state index is 9.10. The molecule has 1 rings (SSSR count). The molecule has 14 heavy (non-hydrogen) atoms. The van der Waals surface area contributed by atoms with Crippen molar-refractivity contribution in [3.63, 3.8) is 0 Å². The second-order valence-electron chi connectivity index (χ2n) is 3.91. The largest absolute Gasteiger partial charge is 0.392 e. The van der Waals surface area contributed by atoms with Gasteiger partial charge in [-0.2, -0.15) is 0 Å². The molecule has 0 aromatic heterocycles. The van der Waals surface area contributed by atoms with E-state index in [9.17, 15) is 0 Å². The lowest BCUT2D eigenvalue weighted by atomic mass is 10.0. The lowest BCUT2D eigenvalue weighted by Gasteiger charge is -2.12. The van der Waals surface area contributed by atoms with Crippen LogP contribution in [0.1, 0.15) is 23.6 Å². The molecule has 0 aliphatic carbocycles. The molecule has 0 fully saturated rings. The van der Waals surface area contributed by atoms with Gasteiger partial charge in [0.05, 0.1) is 6.61 Å². The van der Waals surface area contributed by atoms with Crippen LogP contribution in [0.4, 0.5) is 0 Å². The number of aryl methyl sites for hydroxylation is 1. The van der Waals surface area contributed by atoms with Crippen molar-refractivity contribution < 1.29 is 5.11 Å². The molecule has 1 N–H and O–H groups in total. The van der Waals surface area contributed by atoms with Crippen molar-refractivity contribution in [2.24, 2.45) is 0 Å². The third kappa shape index (κ3) is 3.13. The Morgan fingerprint density at radius 2 is 1.64 bits per heavy atom. The van der Waals surface area contributed by atoms with Gasteiger partial charge in [-0.05, 0) is 37.2 Å². The minimum Gasteiger partial charge on any atom is -0.392 e. The maximum atomic E-state index is 9.10. The Hall–Kier alpha value is -0.860. The number of hydrogen-bond donors (Lipinski definition) is 1. The Morgan fingerprint density at radius 3 is 2.14 bits per heavy atom. The second kappa shape index (κ2) is 5.13. The van der Waals surface area contributed by atoms with Crippen LogP contribution >= 0.6 is 0 Å². The van der Waals surface area contributed by atoms with E-state index in [0.29, 0.717) is 0 Å². The van der Waals surface area contributed by atoms with Crippen LogP contribution in [0.5, 0.6) is 0 Å². The fraction of sp³-hybridized carbons (Fsp3) is 0.500. The average Bonchev–Trinajstić information content (AvgIpc) is 2.16. The quantitative estimate of drug-likeness (QED) is 0.788. The third-order valence-corrected chi connectivity index (χ3v) is 2.20. The Bertz CT molecular complexity index is 272. The first-order valence-corrected chi connectivity index (χ1v) is 5.03. The molecule has 0 unspecified atom stereocenters. The predicted octanol–water partition coefficient (Wildman–Crippen LogP) is 1.80. The molecule has 2 heteroatoms. The van der Waals surface area contributed by atoms with Crippen molar-refractivity contribution in [3.8, 4) is 0 Å². The molecule has 0 heterocycles. The fourth-order valence-corrected chi connectivity index (χ4v) is 1.59. The van der Waals surface area contributed by atoms with Gasteiger partial charge in [-0.1, -0.05) is 25.1 Å². The minimum atomic E-state index is 0.133. The van der Waals surface area contributed by atoms with Gasteiger partial charge in [-0.25, -0.2) is 0 Å². The normalized spacial score (nSPS) is 10.9. The Balaban J connectivity index is 2.92. The number of aliphatic hydroxyl groups excluding tert-OH is 1. The molecule has 0 atom stereocenters. The van der Waals surface area contributed by atoms with E-state index in [1.165, 1.54) is 11.1 Å². The van der Waals surface area contributed by atoms with Gasteiger partial charge in [0.25, 0.3) is 0 Å². The van der Waals surface area contributed by atoms with Crippen molar-refractivity contribution in [2.45, 2.75) is 26.5 Å². The zero-order valence-electron chi connectivity index (χ0n) is 9.25. The van der Waals surface area contributed by atoms with Crippen molar-refractivity contribution in [1.82, 2.24) is 4.90 Å². The highest BCUT2D eigenvalue weighted by Gasteiger charge is 2.00. The molecule has 0 aliphatic rings. The Kier molecular flexibility index (Phi) is 4.11. The number of rotatable bonds is 4. The lowest BCUT2D eigenvalue weighted by Crippen LogP contribution is -2.11. The van der Waals surface area contributed by atoms with E-state index in [-0.39, 0.29) is 6.61 Å². The van der Waals surface area contributed by atoms with E-state index in [1.54, 1.807) is 0 Å². The fourth-order valence-electron chi connectivity index (χ4n) is 1.59. The zero-order chi connectivity index (χ0) is 10.6. The van der Waals surface area contributed by atoms with Gasteiger partial charge < -0.3 is 10.0 Å². The first kappa shape index (κ1) is 11.2. The molecule has 0 saturated carbocycles. The van der Waals surface area contributed by atoms with Gasteiger partial charge in [0.2, 0.25) is 0 Å². The summed E-state index contributed by atoms with van der Waals surface area (Å²) in [5, 5.41) is 9.10. The van der Waals surface area contributed by atoms with Crippen molar-refractivity contribution >= 4 is 0 Å². The summed E-state index contributed by atoms with van der Waals surface area (Å²) in [5.41, 5.74) is 3.59. The van der Waals surface area contributed by atoms with Gasteiger partial charge >= 0.3 is 0 Å². The van der Waals surface area contributed by atoms with Crippen LogP contribution in [-0.2, 0) is 19.6 Å². The highest BCUT2D eigenvalue weighted by atomic mass is 16.3. The predicted molar refractivity (Wildman–Crippen MR) is 59.1 cm³/mol. The summed E-state index contributed by atoms with van der Waals surface area (Å²) in [6.07, 6.45) is 1.02. The van der Waals surface area contributed by atoms with Crippen LogP contribution in [0.3, 0.4) is 0 Å². The van der Waals surface area contributed by atoms with Gasteiger partial charge in [0, 0.05) is 6.54 Å². The SMILES string of the molecule is CCc1cc(CO)cc(CN(C)C)c1. The molecule has 0 radical (unpaired) electrons. The third-order valence-electron chi connectivity index (χ3n) is 2.20. The molecule has 0 saturated heterocycles. The Labute approximate surface area is 86.2 Å². The van der Waals surface area contributed by atoms with Gasteiger partial charge in [-0.3, -0.25) is 0 Å². The molecule has 1 aromatic carbocycles. The summed E-state index contributed by atoms with van der Waals surface area (Å²) >= 11 is 0. The molecule has 0 bridgehead atoms. The monoisotopic (exact) mass is 193 g/mol. The molecule has 0 spiro atoms. The summed E-state index contributed by atoms with van der Waals surface area (Å²) in [6.45, 7) is 3.20. The molecule has 0 aliphatic heterocycles. The average molecular weight is 193 g/mol. The van der Waals surface area contributed by atoms with Gasteiger partial charge in [0.15, 0.2) is 0 Å². The van der Waals surface area contributed by atoms with Crippen LogP contribution in [0.25, 0.3) is 0 Å². The molecule has 1 aromatic rings. The van der Waals surface area contributed by atoms with Crippen molar-refractivity contribution in [3.05, 3.63) is 34.9 Å². The van der Waals surface area contributed by atoms with Crippen LogP contribution in [0, 0.1) is 0 Å². The smallest absolute Gasteiger partial charge is 0.0682 e. The van der Waals surface area contributed by atoms with E-state index in [0.717, 1.165) is 18.5 Å². The maximum Gasteiger partial charge on any atom is 0.0682 e. The van der Waals surface area contributed by atoms with Crippen LogP contribution in [0.2, 0.25) is 0 Å². The summed E-state index contributed by atoms with van der Waals surface area (Å²) in [5.74, 6) is 0. The van der Waals surface area contributed by atoms with Crippen LogP contribution in [0.15, 0.2) is 18.2 Å². The summed E-state index contributed by atoms with van der Waals surface area (Å²) in [7, 11) is 4.11. The van der Waals surface area contributed by atoms with Crippen molar-refractivity contribution in [1.29, 1.82) is 0 Å². The van der Waals surface area contributed by atoms with E-state index in [2.05, 4.69) is 44.1 Å². The first-order valence-electron chi connectivity index (χ1n) is 5.03. The van der Waals surface area contributed by atoms with Crippen LogP contribution < -0.4 is 0 Å². The van der Waals surface area contributed by atoms with E-state index < -0.39 is 0 Å². The molecular weight excluding hydrogens is 174 g/mol. The lowest BCUT2D eigenvalue weighted by molar-refractivity contribution is 0.281. The Morgan fingerprint density at radius 1 is 1.07 bits per heavy atom. The zero-order valence-corrected chi connectivity index (χ0v) is 9.25. The summed E-state index contributed by atoms with van der Waals surface area (Å²) in [4.78, 5) is 2.13. The summed E-state index contributed by atoms with van der Waals surface area (Å²) in [6, 6.07) is 6.34. The highest BCUT2D eigenvalue weighted by molar-refractivity contribution is 5.29. The summed E-state index contributed by atoms with van der Waals surface area (Å²) < 4.78 is 0. The van der Waals surface area contributed by atoms with Crippen molar-refractivity contribution in [2.75, 3.05) is 14.1 Å². The molecule has 78 valence electrons. The molecular formula is C12H19NO. The molecule has 2 nitrogen and oxygen atoms in total. The topological polar surface area (TPSA) is 23.5 Å². The number of aliphatic hydroxyl groups is 1. The van der Waals surface area contributed by atoms with Gasteiger partial charge in [0.1, 0.15) is 0 Å². The van der Waals surface area contributed by atoms with E-state index in [4.69, 9.17) is 5.11 Å². The van der Waals surface area contributed by atoms with Crippen LogP contribution in [-0.4, -0.2) is 24.1 Å². The number of benzene rings is 1. The minimum absolute atomic E-state index is 0.133. The standard InChI is InChI=1S/C12H19NO/c1-4-10-5-11(8-13(2)3)7-12(6-10)9-14/h5-7,14H,4,8-9H2,1-3H3. The van der Waals surface area contributed by atoms with Gasteiger partial charge in [-0.15, -0.1) is 0 Å². The van der Waals surface area contributed by atoms with E-state index >= 15 is 0 Å². The number of nitrogens with zero attached hydrogens (tertiary/aromatic N) is 1. The first-order chi connectivity index (χ1) is 6.65. The highest BCUT2D eigenvalue weighted by Crippen LogP contribution is 2.12. The second-order valence-corrected chi connectivity index (χ2v) is 3.91. The number of hydrogen-bond acceptors (Lipinski definition) is 2.